The summed E-state index contributed by atoms with van der Waals surface area (Å²) in [5.41, 5.74) is 1.10. The van der Waals surface area contributed by atoms with E-state index < -0.39 is 0 Å². The lowest BCUT2D eigenvalue weighted by molar-refractivity contribution is 0.0949. The molecule has 1 amide bonds. The molecule has 6 nitrogen and oxygen atoms in total. The Morgan fingerprint density at radius 1 is 1.25 bits per heavy atom. The molecule has 0 unspecified atom stereocenters. The van der Waals surface area contributed by atoms with E-state index >= 15 is 0 Å². The Labute approximate surface area is 143 Å². The molecule has 4 rings (SSSR count). The number of nitrogens with zero attached hydrogens (tertiary/aromatic N) is 4. The van der Waals surface area contributed by atoms with E-state index in [0.717, 1.165) is 36.4 Å². The summed E-state index contributed by atoms with van der Waals surface area (Å²) in [4.78, 5) is 16.7. The molecule has 0 spiro atoms. The Morgan fingerprint density at radius 2 is 2.12 bits per heavy atom. The van der Waals surface area contributed by atoms with Gasteiger partial charge in [-0.05, 0) is 24.6 Å². The first-order chi connectivity index (χ1) is 11.7. The molecule has 0 atom stereocenters. The molecule has 0 fully saturated rings. The quantitative estimate of drug-likeness (QED) is 0.791. The van der Waals surface area contributed by atoms with Gasteiger partial charge in [0.25, 0.3) is 5.91 Å². The van der Waals surface area contributed by atoms with E-state index in [1.165, 1.54) is 0 Å². The topological polar surface area (TPSA) is 72.7 Å². The van der Waals surface area contributed by atoms with E-state index in [1.807, 2.05) is 18.2 Å². The van der Waals surface area contributed by atoms with Gasteiger partial charge in [-0.3, -0.25) is 4.79 Å². The Kier molecular flexibility index (Phi) is 3.90. The number of hydrogen-bond acceptors (Lipinski definition) is 4. The van der Waals surface area contributed by atoms with E-state index in [4.69, 9.17) is 11.6 Å². The van der Waals surface area contributed by atoms with Crippen molar-refractivity contribution in [2.45, 2.75) is 25.8 Å². The predicted octanol–water partition coefficient (Wildman–Crippen LogP) is 2.40. The maximum absolute atomic E-state index is 12.3. The minimum atomic E-state index is -0.196. The number of pyridine rings is 1. The Balaban J connectivity index is 1.42. The normalized spacial score (nSPS) is 13.2. The highest BCUT2D eigenvalue weighted by Crippen LogP contribution is 2.18. The molecule has 2 aromatic heterocycles. The van der Waals surface area contributed by atoms with Crippen LogP contribution in [-0.4, -0.2) is 32.2 Å². The van der Waals surface area contributed by atoms with Crippen LogP contribution in [-0.2, 0) is 19.4 Å². The van der Waals surface area contributed by atoms with E-state index in [0.29, 0.717) is 29.2 Å². The second-order valence-electron chi connectivity index (χ2n) is 5.83. The molecule has 0 aliphatic carbocycles. The summed E-state index contributed by atoms with van der Waals surface area (Å²) in [5, 5.41) is 12.8. The van der Waals surface area contributed by atoms with Gasteiger partial charge < -0.3 is 9.88 Å². The maximum atomic E-state index is 12.3. The molecule has 0 bridgehead atoms. The molecule has 1 aliphatic rings. The van der Waals surface area contributed by atoms with Gasteiger partial charge in [0.15, 0.2) is 0 Å². The summed E-state index contributed by atoms with van der Waals surface area (Å²) in [7, 11) is 0. The molecule has 7 heteroatoms. The van der Waals surface area contributed by atoms with Crippen LogP contribution >= 0.6 is 11.6 Å². The summed E-state index contributed by atoms with van der Waals surface area (Å²) in [6.45, 7) is 1.48. The number of rotatable bonds is 4. The van der Waals surface area contributed by atoms with Crippen molar-refractivity contribution in [2.75, 3.05) is 6.54 Å². The van der Waals surface area contributed by atoms with Gasteiger partial charge in [-0.2, -0.15) is 0 Å². The van der Waals surface area contributed by atoms with Crippen LogP contribution < -0.4 is 5.32 Å². The van der Waals surface area contributed by atoms with Crippen molar-refractivity contribution in [3.05, 3.63) is 52.7 Å². The van der Waals surface area contributed by atoms with Crippen LogP contribution in [0.3, 0.4) is 0 Å². The van der Waals surface area contributed by atoms with E-state index in [-0.39, 0.29) is 5.91 Å². The number of amides is 1. The standard InChI is InChI=1S/C17H16ClN5O/c18-12-5-3-11-4-6-13(20-14(11)10-12)17(24)19-8-7-16-22-21-15-2-1-9-23(15)16/h3-6,10H,1-2,7-9H2,(H,19,24). The van der Waals surface area contributed by atoms with Gasteiger partial charge in [0, 0.05) is 36.3 Å². The van der Waals surface area contributed by atoms with Crippen LogP contribution in [0.1, 0.15) is 28.6 Å². The number of fused-ring (bicyclic) bond motifs is 2. The SMILES string of the molecule is O=C(NCCc1nnc2n1CCC2)c1ccc2ccc(Cl)cc2n1. The largest absolute Gasteiger partial charge is 0.350 e. The molecule has 0 saturated carbocycles. The first-order valence-electron chi connectivity index (χ1n) is 7.96. The molecule has 1 aliphatic heterocycles. The van der Waals surface area contributed by atoms with Crippen molar-refractivity contribution >= 4 is 28.4 Å². The van der Waals surface area contributed by atoms with Crippen molar-refractivity contribution in [2.24, 2.45) is 0 Å². The number of carbonyl (C=O) groups excluding carboxylic acids is 1. The zero-order valence-electron chi connectivity index (χ0n) is 13.0. The van der Waals surface area contributed by atoms with Crippen molar-refractivity contribution in [1.29, 1.82) is 0 Å². The van der Waals surface area contributed by atoms with Gasteiger partial charge in [-0.1, -0.05) is 23.7 Å². The van der Waals surface area contributed by atoms with E-state index in [1.54, 1.807) is 12.1 Å². The van der Waals surface area contributed by atoms with Crippen molar-refractivity contribution < 1.29 is 4.79 Å². The van der Waals surface area contributed by atoms with Crippen LogP contribution in [0.2, 0.25) is 5.02 Å². The highest BCUT2D eigenvalue weighted by atomic mass is 35.5. The van der Waals surface area contributed by atoms with Crippen molar-refractivity contribution in [3.63, 3.8) is 0 Å². The first kappa shape index (κ1) is 15.1. The number of aryl methyl sites for hydroxylation is 1. The van der Waals surface area contributed by atoms with Gasteiger partial charge in [0.1, 0.15) is 17.3 Å². The third kappa shape index (κ3) is 2.85. The second-order valence-corrected chi connectivity index (χ2v) is 6.26. The fourth-order valence-corrected chi connectivity index (χ4v) is 3.16. The van der Waals surface area contributed by atoms with Crippen LogP contribution in [0.4, 0.5) is 0 Å². The van der Waals surface area contributed by atoms with Gasteiger partial charge in [0.05, 0.1) is 5.52 Å². The molecule has 1 N–H and O–H groups in total. The minimum absolute atomic E-state index is 0.196. The Bertz CT molecular complexity index is 920. The first-order valence-corrected chi connectivity index (χ1v) is 8.34. The average molecular weight is 342 g/mol. The molecular formula is C17H16ClN5O. The van der Waals surface area contributed by atoms with E-state index in [9.17, 15) is 4.79 Å². The predicted molar refractivity (Wildman–Crippen MR) is 91.1 cm³/mol. The number of carbonyl (C=O) groups is 1. The second kappa shape index (κ2) is 6.20. The third-order valence-electron chi connectivity index (χ3n) is 4.21. The fourth-order valence-electron chi connectivity index (χ4n) is 2.99. The van der Waals surface area contributed by atoms with Gasteiger partial charge >= 0.3 is 0 Å². The van der Waals surface area contributed by atoms with Crippen LogP contribution in [0.5, 0.6) is 0 Å². The number of hydrogen-bond donors (Lipinski definition) is 1. The average Bonchev–Trinajstić information content (AvgIpc) is 3.18. The number of nitrogens with one attached hydrogen (secondary N) is 1. The summed E-state index contributed by atoms with van der Waals surface area (Å²) in [6.07, 6.45) is 2.77. The summed E-state index contributed by atoms with van der Waals surface area (Å²) >= 11 is 5.98. The number of benzene rings is 1. The zero-order chi connectivity index (χ0) is 16.5. The third-order valence-corrected chi connectivity index (χ3v) is 4.44. The zero-order valence-corrected chi connectivity index (χ0v) is 13.8. The molecule has 0 radical (unpaired) electrons. The van der Waals surface area contributed by atoms with Crippen LogP contribution in [0, 0.1) is 0 Å². The Morgan fingerprint density at radius 3 is 3.04 bits per heavy atom. The fraction of sp³-hybridized carbons (Fsp3) is 0.294. The monoisotopic (exact) mass is 341 g/mol. The van der Waals surface area contributed by atoms with Gasteiger partial charge in [-0.25, -0.2) is 4.98 Å². The maximum Gasteiger partial charge on any atom is 0.269 e. The number of halogens is 1. The Hall–Kier alpha value is -2.47. The molecule has 122 valence electrons. The van der Waals surface area contributed by atoms with Crippen molar-refractivity contribution in [1.82, 2.24) is 25.1 Å². The summed E-state index contributed by atoms with van der Waals surface area (Å²) in [5.74, 6) is 1.78. The molecule has 3 heterocycles. The summed E-state index contributed by atoms with van der Waals surface area (Å²) < 4.78 is 2.14. The molecular weight excluding hydrogens is 326 g/mol. The molecule has 1 aromatic carbocycles. The van der Waals surface area contributed by atoms with Gasteiger partial charge in [-0.15, -0.1) is 10.2 Å². The smallest absolute Gasteiger partial charge is 0.269 e. The van der Waals surface area contributed by atoms with Crippen LogP contribution in [0.25, 0.3) is 10.9 Å². The van der Waals surface area contributed by atoms with Crippen LogP contribution in [0.15, 0.2) is 30.3 Å². The van der Waals surface area contributed by atoms with Crippen molar-refractivity contribution in [3.8, 4) is 0 Å². The lowest BCUT2D eigenvalue weighted by Gasteiger charge is -2.06. The minimum Gasteiger partial charge on any atom is -0.350 e. The van der Waals surface area contributed by atoms with E-state index in [2.05, 4.69) is 25.1 Å². The summed E-state index contributed by atoms with van der Waals surface area (Å²) in [6, 6.07) is 9.05. The molecule has 3 aromatic rings. The molecule has 24 heavy (non-hydrogen) atoms. The lowest BCUT2D eigenvalue weighted by atomic mass is 10.2. The number of aromatic nitrogens is 4. The molecule has 0 saturated heterocycles. The lowest BCUT2D eigenvalue weighted by Crippen LogP contribution is -2.27. The van der Waals surface area contributed by atoms with Gasteiger partial charge in [0.2, 0.25) is 0 Å². The highest BCUT2D eigenvalue weighted by molar-refractivity contribution is 6.31. The highest BCUT2D eigenvalue weighted by Gasteiger charge is 2.17.